The van der Waals surface area contributed by atoms with Crippen molar-refractivity contribution in [3.05, 3.63) is 46.1 Å². The standard InChI is InChI=1S/C24H28N4O2S/c29-22(25-18-11-5-2-6-12-18)17-10-7-13-28(14-17)24-26-20-19(16-8-3-1-4-9-16)15-31-21(20)23(30)27-24/h1,3-4,8-9,15,17-18H,2,5-7,10-14H2,(H,25,29)(H,26,27,30)/t17-/m0/s1. The molecule has 2 N–H and O–H groups in total. The van der Waals surface area contributed by atoms with Gasteiger partial charge in [-0.2, -0.15) is 0 Å². The fourth-order valence-electron chi connectivity index (χ4n) is 4.84. The smallest absolute Gasteiger partial charge is 0.270 e. The second-order valence-electron chi connectivity index (χ2n) is 8.71. The maximum absolute atomic E-state index is 12.9. The maximum Gasteiger partial charge on any atom is 0.270 e. The van der Waals surface area contributed by atoms with E-state index in [0.29, 0.717) is 23.2 Å². The van der Waals surface area contributed by atoms with E-state index in [0.717, 1.165) is 48.9 Å². The molecule has 5 rings (SSSR count). The van der Waals surface area contributed by atoms with E-state index in [9.17, 15) is 9.59 Å². The number of fused-ring (bicyclic) bond motifs is 1. The Kier molecular flexibility index (Phi) is 5.76. The predicted octanol–water partition coefficient (Wildman–Crippen LogP) is 4.32. The SMILES string of the molecule is O=C(NC1CCCCC1)[C@H]1CCCN(c2nc3c(-c4ccccc4)csc3c(=O)[nH]2)C1. The lowest BCUT2D eigenvalue weighted by molar-refractivity contribution is -0.126. The van der Waals surface area contributed by atoms with Gasteiger partial charge in [-0.05, 0) is 31.2 Å². The van der Waals surface area contributed by atoms with Crippen molar-refractivity contribution >= 4 is 33.4 Å². The second kappa shape index (κ2) is 8.83. The molecule has 31 heavy (non-hydrogen) atoms. The molecule has 2 aliphatic rings. The van der Waals surface area contributed by atoms with E-state index in [2.05, 4.69) is 15.2 Å². The zero-order valence-electron chi connectivity index (χ0n) is 17.6. The molecule has 7 heteroatoms. The molecule has 1 saturated heterocycles. The van der Waals surface area contributed by atoms with Crippen molar-refractivity contribution in [1.29, 1.82) is 0 Å². The molecule has 2 aromatic heterocycles. The van der Waals surface area contributed by atoms with Crippen molar-refractivity contribution in [3.8, 4) is 11.1 Å². The summed E-state index contributed by atoms with van der Waals surface area (Å²) in [7, 11) is 0. The number of carbonyl (C=O) groups excluding carboxylic acids is 1. The van der Waals surface area contributed by atoms with Gasteiger partial charge in [-0.25, -0.2) is 4.98 Å². The van der Waals surface area contributed by atoms with E-state index >= 15 is 0 Å². The molecule has 1 atom stereocenters. The van der Waals surface area contributed by atoms with Crippen molar-refractivity contribution in [2.24, 2.45) is 5.92 Å². The average molecular weight is 437 g/mol. The monoisotopic (exact) mass is 436 g/mol. The lowest BCUT2D eigenvalue weighted by atomic mass is 9.93. The zero-order chi connectivity index (χ0) is 21.2. The summed E-state index contributed by atoms with van der Waals surface area (Å²) in [5, 5.41) is 5.27. The molecule has 3 aromatic rings. The van der Waals surface area contributed by atoms with Crippen LogP contribution in [0.1, 0.15) is 44.9 Å². The van der Waals surface area contributed by atoms with Gasteiger partial charge in [-0.1, -0.05) is 49.6 Å². The number of hydrogen-bond donors (Lipinski definition) is 2. The van der Waals surface area contributed by atoms with Gasteiger partial charge in [-0.15, -0.1) is 11.3 Å². The number of aromatic nitrogens is 2. The largest absolute Gasteiger partial charge is 0.353 e. The number of H-pyrrole nitrogens is 1. The number of nitrogens with zero attached hydrogens (tertiary/aromatic N) is 2. The summed E-state index contributed by atoms with van der Waals surface area (Å²) in [6, 6.07) is 10.4. The summed E-state index contributed by atoms with van der Waals surface area (Å²) in [5.74, 6) is 0.663. The number of piperidine rings is 1. The van der Waals surface area contributed by atoms with Crippen molar-refractivity contribution in [2.45, 2.75) is 51.0 Å². The number of carbonyl (C=O) groups is 1. The van der Waals surface area contributed by atoms with Crippen LogP contribution in [-0.4, -0.2) is 35.0 Å². The normalized spacial score (nSPS) is 20.1. The van der Waals surface area contributed by atoms with Gasteiger partial charge < -0.3 is 10.2 Å². The summed E-state index contributed by atoms with van der Waals surface area (Å²) in [4.78, 5) is 35.6. The number of anilines is 1. The zero-order valence-corrected chi connectivity index (χ0v) is 18.4. The third-order valence-electron chi connectivity index (χ3n) is 6.54. The van der Waals surface area contributed by atoms with E-state index < -0.39 is 0 Å². The first-order valence-corrected chi connectivity index (χ1v) is 12.2. The molecule has 0 spiro atoms. The number of hydrogen-bond acceptors (Lipinski definition) is 5. The summed E-state index contributed by atoms with van der Waals surface area (Å²) in [5.41, 5.74) is 2.67. The Labute approximate surface area is 185 Å². The Morgan fingerprint density at radius 2 is 1.90 bits per heavy atom. The summed E-state index contributed by atoms with van der Waals surface area (Å²) in [6.45, 7) is 1.39. The van der Waals surface area contributed by atoms with Crippen molar-refractivity contribution in [1.82, 2.24) is 15.3 Å². The molecule has 1 saturated carbocycles. The van der Waals surface area contributed by atoms with Crippen LogP contribution in [0.15, 0.2) is 40.5 Å². The topological polar surface area (TPSA) is 78.1 Å². The van der Waals surface area contributed by atoms with Gasteiger partial charge in [0, 0.05) is 30.1 Å². The fraction of sp³-hybridized carbons (Fsp3) is 0.458. The first-order valence-electron chi connectivity index (χ1n) is 11.3. The molecule has 1 aliphatic heterocycles. The number of nitrogens with one attached hydrogen (secondary N) is 2. The van der Waals surface area contributed by atoms with Crippen LogP contribution in [0.25, 0.3) is 21.3 Å². The van der Waals surface area contributed by atoms with Gasteiger partial charge in [-0.3, -0.25) is 14.6 Å². The third kappa shape index (κ3) is 4.24. The minimum absolute atomic E-state index is 0.0623. The van der Waals surface area contributed by atoms with Gasteiger partial charge in [0.1, 0.15) is 4.70 Å². The van der Waals surface area contributed by atoms with E-state index in [1.807, 2.05) is 35.7 Å². The van der Waals surface area contributed by atoms with Crippen molar-refractivity contribution in [2.75, 3.05) is 18.0 Å². The lowest BCUT2D eigenvalue weighted by Crippen LogP contribution is -2.47. The lowest BCUT2D eigenvalue weighted by Gasteiger charge is -2.33. The van der Waals surface area contributed by atoms with Crippen molar-refractivity contribution in [3.63, 3.8) is 0 Å². The quantitative estimate of drug-likeness (QED) is 0.639. The van der Waals surface area contributed by atoms with Crippen LogP contribution in [0.4, 0.5) is 5.95 Å². The van der Waals surface area contributed by atoms with Gasteiger partial charge in [0.2, 0.25) is 11.9 Å². The minimum atomic E-state index is -0.110. The summed E-state index contributed by atoms with van der Waals surface area (Å²) in [6.07, 6.45) is 7.67. The molecular weight excluding hydrogens is 408 g/mol. The van der Waals surface area contributed by atoms with E-state index in [-0.39, 0.29) is 17.4 Å². The minimum Gasteiger partial charge on any atom is -0.353 e. The second-order valence-corrected chi connectivity index (χ2v) is 9.59. The maximum atomic E-state index is 12.9. The highest BCUT2D eigenvalue weighted by Gasteiger charge is 2.29. The van der Waals surface area contributed by atoms with Crippen LogP contribution in [-0.2, 0) is 4.79 Å². The molecule has 0 bridgehead atoms. The highest BCUT2D eigenvalue weighted by Crippen LogP contribution is 2.32. The average Bonchev–Trinajstić information content (AvgIpc) is 3.25. The Balaban J connectivity index is 1.38. The van der Waals surface area contributed by atoms with Gasteiger partial charge in [0.25, 0.3) is 5.56 Å². The molecular formula is C24H28N4O2S. The highest BCUT2D eigenvalue weighted by atomic mass is 32.1. The molecule has 162 valence electrons. The van der Waals surface area contributed by atoms with Crippen LogP contribution < -0.4 is 15.8 Å². The van der Waals surface area contributed by atoms with Crippen LogP contribution in [0, 0.1) is 5.92 Å². The van der Waals surface area contributed by atoms with Gasteiger partial charge in [0.15, 0.2) is 0 Å². The molecule has 1 aliphatic carbocycles. The van der Waals surface area contributed by atoms with Crippen molar-refractivity contribution < 1.29 is 4.79 Å². The van der Waals surface area contributed by atoms with Gasteiger partial charge in [0.05, 0.1) is 11.4 Å². The fourth-order valence-corrected chi connectivity index (χ4v) is 5.75. The van der Waals surface area contributed by atoms with E-state index in [1.165, 1.54) is 30.6 Å². The van der Waals surface area contributed by atoms with Crippen LogP contribution in [0.5, 0.6) is 0 Å². The number of aromatic amines is 1. The first-order chi connectivity index (χ1) is 15.2. The van der Waals surface area contributed by atoms with Gasteiger partial charge >= 0.3 is 0 Å². The Morgan fingerprint density at radius 1 is 1.10 bits per heavy atom. The Bertz CT molecular complexity index is 1120. The molecule has 1 amide bonds. The summed E-state index contributed by atoms with van der Waals surface area (Å²) < 4.78 is 0.645. The molecule has 1 aromatic carbocycles. The number of rotatable bonds is 4. The van der Waals surface area contributed by atoms with E-state index in [1.54, 1.807) is 0 Å². The Morgan fingerprint density at radius 3 is 2.71 bits per heavy atom. The van der Waals surface area contributed by atoms with Crippen LogP contribution in [0.3, 0.4) is 0 Å². The highest BCUT2D eigenvalue weighted by molar-refractivity contribution is 7.17. The Hall–Kier alpha value is -2.67. The number of benzene rings is 1. The molecule has 0 unspecified atom stereocenters. The summed E-state index contributed by atoms with van der Waals surface area (Å²) >= 11 is 1.43. The molecule has 0 radical (unpaired) electrons. The van der Waals surface area contributed by atoms with E-state index in [4.69, 9.17) is 4.98 Å². The van der Waals surface area contributed by atoms with Crippen LogP contribution in [0.2, 0.25) is 0 Å². The molecule has 3 heterocycles. The van der Waals surface area contributed by atoms with Crippen LogP contribution >= 0.6 is 11.3 Å². The predicted molar refractivity (Wildman–Crippen MR) is 126 cm³/mol. The third-order valence-corrected chi connectivity index (χ3v) is 7.51. The number of amides is 1. The molecule has 2 fully saturated rings. The first kappa shape index (κ1) is 20.2. The number of thiophene rings is 1. The molecule has 6 nitrogen and oxygen atoms in total.